The maximum Gasteiger partial charge on any atom is 0.229 e. The molecule has 1 N–H and O–H groups in total. The number of halogens is 1. The van der Waals surface area contributed by atoms with Crippen LogP contribution in [0.25, 0.3) is 0 Å². The van der Waals surface area contributed by atoms with Crippen molar-refractivity contribution in [3.8, 4) is 5.75 Å². The zero-order valence-electron chi connectivity index (χ0n) is 16.4. The van der Waals surface area contributed by atoms with Crippen molar-refractivity contribution in [1.82, 2.24) is 0 Å². The van der Waals surface area contributed by atoms with Gasteiger partial charge in [0, 0.05) is 28.8 Å². The van der Waals surface area contributed by atoms with Gasteiger partial charge in [-0.25, -0.2) is 0 Å². The smallest absolute Gasteiger partial charge is 0.229 e. The van der Waals surface area contributed by atoms with Gasteiger partial charge in [-0.15, -0.1) is 0 Å². The Morgan fingerprint density at radius 1 is 1.21 bits per heavy atom. The number of benzene rings is 2. The van der Waals surface area contributed by atoms with E-state index in [0.29, 0.717) is 13.2 Å². The summed E-state index contributed by atoms with van der Waals surface area (Å²) in [6.07, 6.45) is 1.16. The molecule has 1 fully saturated rings. The fourth-order valence-electron chi connectivity index (χ4n) is 3.41. The normalized spacial score (nSPS) is 16.4. The van der Waals surface area contributed by atoms with E-state index in [1.54, 1.807) is 4.90 Å². The molecule has 3 rings (SSSR count). The van der Waals surface area contributed by atoms with Crippen LogP contribution in [0.2, 0.25) is 0 Å². The van der Waals surface area contributed by atoms with E-state index in [0.717, 1.165) is 39.1 Å². The molecule has 0 saturated carbocycles. The number of nitrogens with zero attached hydrogens (tertiary/aromatic N) is 1. The van der Waals surface area contributed by atoms with Crippen LogP contribution in [0.3, 0.4) is 0 Å². The number of ether oxygens (including phenoxy) is 1. The molecule has 0 radical (unpaired) electrons. The molecule has 1 aliphatic heterocycles. The van der Waals surface area contributed by atoms with Gasteiger partial charge >= 0.3 is 0 Å². The Bertz CT molecular complexity index is 857. The van der Waals surface area contributed by atoms with Gasteiger partial charge in [-0.05, 0) is 67.8 Å². The molecule has 28 heavy (non-hydrogen) atoms. The second-order valence-corrected chi connectivity index (χ2v) is 8.07. The van der Waals surface area contributed by atoms with E-state index in [4.69, 9.17) is 4.74 Å². The fourth-order valence-corrected chi connectivity index (χ4v) is 4.09. The van der Waals surface area contributed by atoms with Gasteiger partial charge in [-0.2, -0.15) is 0 Å². The number of amides is 2. The highest BCUT2D eigenvalue weighted by atomic mass is 79.9. The lowest BCUT2D eigenvalue weighted by Gasteiger charge is -2.18. The van der Waals surface area contributed by atoms with Crippen molar-refractivity contribution in [2.24, 2.45) is 5.92 Å². The van der Waals surface area contributed by atoms with Crippen molar-refractivity contribution in [3.63, 3.8) is 0 Å². The molecule has 1 saturated heterocycles. The molecular weight excluding hydrogens is 420 g/mol. The Labute approximate surface area is 174 Å². The van der Waals surface area contributed by atoms with Gasteiger partial charge < -0.3 is 15.0 Å². The molecule has 1 atom stereocenters. The van der Waals surface area contributed by atoms with Crippen molar-refractivity contribution in [2.45, 2.75) is 33.6 Å². The summed E-state index contributed by atoms with van der Waals surface area (Å²) < 4.78 is 6.57. The van der Waals surface area contributed by atoms with E-state index < -0.39 is 0 Å². The van der Waals surface area contributed by atoms with Gasteiger partial charge in [0.2, 0.25) is 11.8 Å². The van der Waals surface area contributed by atoms with Crippen LogP contribution in [0.15, 0.2) is 40.9 Å². The van der Waals surface area contributed by atoms with Crippen molar-refractivity contribution in [3.05, 3.63) is 52.0 Å². The van der Waals surface area contributed by atoms with E-state index in [9.17, 15) is 9.59 Å². The number of aryl methyl sites for hydroxylation is 2. The zero-order chi connectivity index (χ0) is 20.3. The molecule has 0 spiro atoms. The molecule has 1 heterocycles. The largest absolute Gasteiger partial charge is 0.494 e. The van der Waals surface area contributed by atoms with E-state index in [1.165, 1.54) is 0 Å². The number of anilines is 2. The Balaban J connectivity index is 1.68. The quantitative estimate of drug-likeness (QED) is 0.692. The Hall–Kier alpha value is -2.34. The predicted octanol–water partition coefficient (Wildman–Crippen LogP) is 4.85. The molecule has 1 aliphatic rings. The summed E-state index contributed by atoms with van der Waals surface area (Å²) in [6, 6.07) is 11.4. The standard InChI is InChI=1S/C22H25BrN2O3/c1-4-9-28-19-7-5-18(6-8-19)25-13-16(12-20(25)26)22(27)24-21-14(2)10-17(23)11-15(21)3/h5-8,10-11,16H,4,9,12-13H2,1-3H3,(H,24,27)/t16-/m1/s1. The van der Waals surface area contributed by atoms with E-state index >= 15 is 0 Å². The highest BCUT2D eigenvalue weighted by Crippen LogP contribution is 2.29. The molecule has 5 nitrogen and oxygen atoms in total. The highest BCUT2D eigenvalue weighted by molar-refractivity contribution is 9.10. The van der Waals surface area contributed by atoms with Gasteiger partial charge in [-0.1, -0.05) is 22.9 Å². The van der Waals surface area contributed by atoms with Crippen molar-refractivity contribution >= 4 is 39.1 Å². The van der Waals surface area contributed by atoms with Crippen LogP contribution in [-0.4, -0.2) is 25.0 Å². The summed E-state index contributed by atoms with van der Waals surface area (Å²) in [5.41, 5.74) is 3.59. The first kappa shape index (κ1) is 20.4. The molecule has 0 bridgehead atoms. The summed E-state index contributed by atoms with van der Waals surface area (Å²) in [5, 5.41) is 3.01. The third kappa shape index (κ3) is 4.55. The number of hydrogen-bond donors (Lipinski definition) is 1. The van der Waals surface area contributed by atoms with Crippen LogP contribution in [0, 0.1) is 19.8 Å². The molecule has 2 amide bonds. The lowest BCUT2D eigenvalue weighted by atomic mass is 10.1. The molecule has 0 unspecified atom stereocenters. The third-order valence-electron chi connectivity index (χ3n) is 4.86. The SMILES string of the molecule is CCCOc1ccc(N2C[C@H](C(=O)Nc3c(C)cc(Br)cc3C)CC2=O)cc1. The second-order valence-electron chi connectivity index (χ2n) is 7.15. The topological polar surface area (TPSA) is 58.6 Å². The average Bonchev–Trinajstić information content (AvgIpc) is 3.05. The fraction of sp³-hybridized carbons (Fsp3) is 0.364. The summed E-state index contributed by atoms with van der Waals surface area (Å²) in [5.74, 6) is 0.262. The molecule has 2 aromatic carbocycles. The highest BCUT2D eigenvalue weighted by Gasteiger charge is 2.35. The van der Waals surface area contributed by atoms with Crippen LogP contribution < -0.4 is 15.0 Å². The maximum absolute atomic E-state index is 12.8. The van der Waals surface area contributed by atoms with Crippen LogP contribution >= 0.6 is 15.9 Å². The molecule has 0 aliphatic carbocycles. The van der Waals surface area contributed by atoms with E-state index in [1.807, 2.05) is 50.2 Å². The van der Waals surface area contributed by atoms with Gasteiger partial charge in [0.25, 0.3) is 0 Å². The first-order valence-electron chi connectivity index (χ1n) is 9.50. The van der Waals surface area contributed by atoms with Gasteiger partial charge in [0.15, 0.2) is 0 Å². The number of carbonyl (C=O) groups is 2. The molecule has 2 aromatic rings. The van der Waals surface area contributed by atoms with Gasteiger partial charge in [0.1, 0.15) is 5.75 Å². The second kappa shape index (κ2) is 8.78. The van der Waals surface area contributed by atoms with Crippen LogP contribution in [0.4, 0.5) is 11.4 Å². The summed E-state index contributed by atoms with van der Waals surface area (Å²) in [6.45, 7) is 7.02. The first-order valence-corrected chi connectivity index (χ1v) is 10.3. The van der Waals surface area contributed by atoms with Crippen LogP contribution in [0.1, 0.15) is 30.9 Å². The van der Waals surface area contributed by atoms with Crippen molar-refractivity contribution in [2.75, 3.05) is 23.4 Å². The third-order valence-corrected chi connectivity index (χ3v) is 5.32. The molecule has 6 heteroatoms. The molecule has 0 aromatic heterocycles. The molecule has 148 valence electrons. The number of carbonyl (C=O) groups excluding carboxylic acids is 2. The predicted molar refractivity (Wildman–Crippen MR) is 115 cm³/mol. The summed E-state index contributed by atoms with van der Waals surface area (Å²) >= 11 is 3.47. The lowest BCUT2D eigenvalue weighted by molar-refractivity contribution is -0.122. The van der Waals surface area contributed by atoms with Crippen LogP contribution in [0.5, 0.6) is 5.75 Å². The Morgan fingerprint density at radius 3 is 2.46 bits per heavy atom. The zero-order valence-corrected chi connectivity index (χ0v) is 18.0. The average molecular weight is 445 g/mol. The Kier molecular flexibility index (Phi) is 6.39. The first-order chi connectivity index (χ1) is 13.4. The van der Waals surface area contributed by atoms with Crippen LogP contribution in [-0.2, 0) is 9.59 Å². The summed E-state index contributed by atoms with van der Waals surface area (Å²) in [7, 11) is 0. The Morgan fingerprint density at radius 2 is 1.86 bits per heavy atom. The number of nitrogens with one attached hydrogen (secondary N) is 1. The number of rotatable bonds is 6. The van der Waals surface area contributed by atoms with Gasteiger partial charge in [-0.3, -0.25) is 9.59 Å². The minimum atomic E-state index is -0.369. The van der Waals surface area contributed by atoms with Gasteiger partial charge in [0.05, 0.1) is 12.5 Å². The van der Waals surface area contributed by atoms with E-state index in [2.05, 4.69) is 28.2 Å². The lowest BCUT2D eigenvalue weighted by Crippen LogP contribution is -2.28. The molecular formula is C22H25BrN2O3. The summed E-state index contributed by atoms with van der Waals surface area (Å²) in [4.78, 5) is 26.9. The van der Waals surface area contributed by atoms with Crippen molar-refractivity contribution < 1.29 is 14.3 Å². The van der Waals surface area contributed by atoms with E-state index in [-0.39, 0.29) is 24.2 Å². The maximum atomic E-state index is 12.8. The van der Waals surface area contributed by atoms with Crippen molar-refractivity contribution in [1.29, 1.82) is 0 Å². The minimum Gasteiger partial charge on any atom is -0.494 e. The number of hydrogen-bond acceptors (Lipinski definition) is 3. The minimum absolute atomic E-state index is 0.0355. The monoisotopic (exact) mass is 444 g/mol.